The first-order chi connectivity index (χ1) is 6.27. The Morgan fingerprint density at radius 1 is 1.54 bits per heavy atom. The number of carbonyl (C=O) groups excluding carboxylic acids is 1. The number of benzene rings is 1. The van der Waals surface area contributed by atoms with Crippen LogP contribution in [-0.4, -0.2) is 19.6 Å². The van der Waals surface area contributed by atoms with E-state index in [2.05, 4.69) is 0 Å². The highest BCUT2D eigenvalue weighted by Crippen LogP contribution is 2.21. The molecule has 0 amide bonds. The van der Waals surface area contributed by atoms with Gasteiger partial charge >= 0.3 is 0 Å². The highest BCUT2D eigenvalue weighted by atomic mass is 35.5. The Morgan fingerprint density at radius 3 is 2.85 bits per heavy atom. The van der Waals surface area contributed by atoms with E-state index in [1.807, 2.05) is 0 Å². The number of halogens is 2. The van der Waals surface area contributed by atoms with Gasteiger partial charge in [-0.3, -0.25) is 4.79 Å². The second-order valence-corrected chi connectivity index (χ2v) is 2.75. The third-order valence-electron chi connectivity index (χ3n) is 1.44. The van der Waals surface area contributed by atoms with Crippen molar-refractivity contribution in [1.82, 2.24) is 0 Å². The number of ether oxygens (including phenoxy) is 1. The van der Waals surface area contributed by atoms with Crippen LogP contribution < -0.4 is 4.74 Å². The van der Waals surface area contributed by atoms with Gasteiger partial charge in [0.15, 0.2) is 6.29 Å². The summed E-state index contributed by atoms with van der Waals surface area (Å²) in [6, 6.07) is 4.59. The highest BCUT2D eigenvalue weighted by Gasteiger charge is 2.00. The highest BCUT2D eigenvalue weighted by molar-refractivity contribution is 6.33. The van der Waals surface area contributed by atoms with E-state index in [9.17, 15) is 9.18 Å². The monoisotopic (exact) mass is 202 g/mol. The van der Waals surface area contributed by atoms with Crippen LogP contribution in [0.3, 0.4) is 0 Å². The van der Waals surface area contributed by atoms with Crippen molar-refractivity contribution < 1.29 is 13.9 Å². The third-order valence-corrected chi connectivity index (χ3v) is 1.77. The first-order valence-electron chi connectivity index (χ1n) is 3.71. The molecule has 0 aliphatic heterocycles. The van der Waals surface area contributed by atoms with Crippen molar-refractivity contribution in [1.29, 1.82) is 0 Å². The fourth-order valence-corrected chi connectivity index (χ4v) is 1.06. The molecule has 0 aliphatic rings. The van der Waals surface area contributed by atoms with E-state index in [0.29, 0.717) is 22.6 Å². The summed E-state index contributed by atoms with van der Waals surface area (Å²) in [5.74, 6) is 0.466. The molecule has 0 saturated carbocycles. The number of alkyl halides is 1. The molecule has 0 aliphatic carbocycles. The van der Waals surface area contributed by atoms with Crippen molar-refractivity contribution in [2.75, 3.05) is 13.3 Å². The predicted molar refractivity (Wildman–Crippen MR) is 48.3 cm³/mol. The molecule has 70 valence electrons. The van der Waals surface area contributed by atoms with Crippen LogP contribution in [-0.2, 0) is 0 Å². The summed E-state index contributed by atoms with van der Waals surface area (Å²) in [5, 5.41) is 0.311. The van der Waals surface area contributed by atoms with E-state index >= 15 is 0 Å². The normalized spacial score (nSPS) is 9.69. The number of carbonyl (C=O) groups is 1. The zero-order valence-electron chi connectivity index (χ0n) is 6.80. The molecule has 0 saturated heterocycles. The van der Waals surface area contributed by atoms with Crippen LogP contribution in [0.2, 0.25) is 5.02 Å². The quantitative estimate of drug-likeness (QED) is 0.702. The maximum absolute atomic E-state index is 11.7. The van der Waals surface area contributed by atoms with Crippen LogP contribution in [0.4, 0.5) is 4.39 Å². The summed E-state index contributed by atoms with van der Waals surface area (Å²) < 4.78 is 16.7. The van der Waals surface area contributed by atoms with Gasteiger partial charge in [-0.15, -0.1) is 0 Å². The second-order valence-electron chi connectivity index (χ2n) is 2.34. The molecule has 0 heterocycles. The Balaban J connectivity index is 2.77. The Kier molecular flexibility index (Phi) is 3.71. The van der Waals surface area contributed by atoms with Crippen LogP contribution >= 0.6 is 11.6 Å². The molecule has 2 nitrogen and oxygen atoms in total. The average molecular weight is 203 g/mol. The van der Waals surface area contributed by atoms with Crippen LogP contribution in [0.25, 0.3) is 0 Å². The summed E-state index contributed by atoms with van der Waals surface area (Å²) in [6.07, 6.45) is 0.654. The first kappa shape index (κ1) is 9.99. The second kappa shape index (κ2) is 4.82. The fourth-order valence-electron chi connectivity index (χ4n) is 0.850. The van der Waals surface area contributed by atoms with Gasteiger partial charge in [-0.1, -0.05) is 11.6 Å². The van der Waals surface area contributed by atoms with Gasteiger partial charge in [0.05, 0.1) is 5.02 Å². The fraction of sp³-hybridized carbons (Fsp3) is 0.222. The Hall–Kier alpha value is -1.09. The van der Waals surface area contributed by atoms with Crippen LogP contribution in [0, 0.1) is 0 Å². The maximum Gasteiger partial charge on any atom is 0.151 e. The molecule has 4 heteroatoms. The number of aldehydes is 1. The summed E-state index contributed by atoms with van der Waals surface area (Å²) in [6.45, 7) is -0.552. The smallest absolute Gasteiger partial charge is 0.151 e. The van der Waals surface area contributed by atoms with E-state index < -0.39 is 6.67 Å². The van der Waals surface area contributed by atoms with Gasteiger partial charge in [0.2, 0.25) is 0 Å². The van der Waals surface area contributed by atoms with Gasteiger partial charge in [-0.05, 0) is 18.2 Å². The molecular weight excluding hydrogens is 195 g/mol. The summed E-state index contributed by atoms with van der Waals surface area (Å²) in [4.78, 5) is 10.4. The summed E-state index contributed by atoms with van der Waals surface area (Å²) in [7, 11) is 0. The van der Waals surface area contributed by atoms with Crippen molar-refractivity contribution in [3.63, 3.8) is 0 Å². The SMILES string of the molecule is O=Cc1ccc(OCCF)cc1Cl. The lowest BCUT2D eigenvalue weighted by Crippen LogP contribution is -1.98. The molecule has 0 atom stereocenters. The van der Waals surface area contributed by atoms with Crippen LogP contribution in [0.1, 0.15) is 10.4 Å². The minimum atomic E-state index is -0.549. The maximum atomic E-state index is 11.7. The lowest BCUT2D eigenvalue weighted by atomic mass is 10.2. The zero-order chi connectivity index (χ0) is 9.68. The molecule has 0 fully saturated rings. The van der Waals surface area contributed by atoms with Gasteiger partial charge in [-0.25, -0.2) is 4.39 Å². The summed E-state index contributed by atoms with van der Waals surface area (Å²) in [5.41, 5.74) is 0.397. The molecule has 13 heavy (non-hydrogen) atoms. The minimum absolute atomic E-state index is 0.00321. The zero-order valence-corrected chi connectivity index (χ0v) is 7.55. The summed E-state index contributed by atoms with van der Waals surface area (Å²) >= 11 is 5.70. The molecule has 1 rings (SSSR count). The van der Waals surface area contributed by atoms with Gasteiger partial charge in [-0.2, -0.15) is 0 Å². The lowest BCUT2D eigenvalue weighted by Gasteiger charge is -2.04. The van der Waals surface area contributed by atoms with E-state index in [4.69, 9.17) is 16.3 Å². The van der Waals surface area contributed by atoms with Crippen molar-refractivity contribution >= 4 is 17.9 Å². The molecule has 0 radical (unpaired) electrons. The molecule has 0 spiro atoms. The molecule has 1 aromatic carbocycles. The van der Waals surface area contributed by atoms with Crippen molar-refractivity contribution in [2.24, 2.45) is 0 Å². The average Bonchev–Trinajstić information content (AvgIpc) is 2.15. The molecule has 0 bridgehead atoms. The molecule has 1 aromatic rings. The molecular formula is C9H8ClFO2. The minimum Gasteiger partial charge on any atom is -0.491 e. The predicted octanol–water partition coefficient (Wildman–Crippen LogP) is 2.50. The van der Waals surface area contributed by atoms with Crippen molar-refractivity contribution in [3.8, 4) is 5.75 Å². The topological polar surface area (TPSA) is 26.3 Å². The van der Waals surface area contributed by atoms with Crippen molar-refractivity contribution in [2.45, 2.75) is 0 Å². The Morgan fingerprint density at radius 2 is 2.31 bits per heavy atom. The molecule has 0 unspecified atom stereocenters. The molecule has 0 N–H and O–H groups in total. The lowest BCUT2D eigenvalue weighted by molar-refractivity contribution is 0.112. The van der Waals surface area contributed by atoms with Gasteiger partial charge in [0.1, 0.15) is 19.0 Å². The standard InChI is InChI=1S/C9H8ClFO2/c10-9-5-8(13-4-3-11)2-1-7(9)6-12/h1-2,5-6H,3-4H2. The van der Waals surface area contributed by atoms with Crippen LogP contribution in [0.5, 0.6) is 5.75 Å². The molecule has 0 aromatic heterocycles. The van der Waals surface area contributed by atoms with E-state index in [0.717, 1.165) is 0 Å². The van der Waals surface area contributed by atoms with E-state index in [-0.39, 0.29) is 6.61 Å². The van der Waals surface area contributed by atoms with Gasteiger partial charge < -0.3 is 4.74 Å². The Bertz CT molecular complexity index is 302. The van der Waals surface area contributed by atoms with Crippen molar-refractivity contribution in [3.05, 3.63) is 28.8 Å². The van der Waals surface area contributed by atoms with E-state index in [1.165, 1.54) is 12.1 Å². The van der Waals surface area contributed by atoms with Gasteiger partial charge in [0, 0.05) is 5.56 Å². The largest absolute Gasteiger partial charge is 0.491 e. The van der Waals surface area contributed by atoms with Gasteiger partial charge in [0.25, 0.3) is 0 Å². The van der Waals surface area contributed by atoms with E-state index in [1.54, 1.807) is 6.07 Å². The number of hydrogen-bond donors (Lipinski definition) is 0. The first-order valence-corrected chi connectivity index (χ1v) is 4.09. The van der Waals surface area contributed by atoms with Crippen LogP contribution in [0.15, 0.2) is 18.2 Å². The number of hydrogen-bond acceptors (Lipinski definition) is 2. The Labute approximate surface area is 80.3 Å². The number of rotatable bonds is 4. The third kappa shape index (κ3) is 2.70.